The van der Waals surface area contributed by atoms with E-state index in [1.807, 2.05) is 73.7 Å². The molecule has 2 aromatic carbocycles. The first-order chi connectivity index (χ1) is 11.2. The third kappa shape index (κ3) is 3.64. The minimum Gasteiger partial charge on any atom is -0.348 e. The Morgan fingerprint density at radius 1 is 1.00 bits per heavy atom. The minimum atomic E-state index is -0.0778. The summed E-state index contributed by atoms with van der Waals surface area (Å²) in [5.41, 5.74) is 4.42. The molecule has 1 heterocycles. The molecule has 0 fully saturated rings. The van der Waals surface area contributed by atoms with E-state index in [4.69, 9.17) is 0 Å². The zero-order valence-electron chi connectivity index (χ0n) is 13.0. The third-order valence-electron chi connectivity index (χ3n) is 3.71. The van der Waals surface area contributed by atoms with Crippen LogP contribution in [-0.4, -0.2) is 10.9 Å². The highest BCUT2D eigenvalue weighted by Gasteiger charge is 2.11. The van der Waals surface area contributed by atoms with Crippen LogP contribution in [-0.2, 0) is 6.54 Å². The molecule has 23 heavy (non-hydrogen) atoms. The number of carbonyl (C=O) groups is 1. The van der Waals surface area contributed by atoms with Gasteiger partial charge in [0.2, 0.25) is 0 Å². The fourth-order valence-electron chi connectivity index (χ4n) is 2.41. The number of amides is 1. The predicted octanol–water partition coefficient (Wildman–Crippen LogP) is 3.99. The van der Waals surface area contributed by atoms with Gasteiger partial charge in [-0.05, 0) is 24.1 Å². The molecule has 3 aromatic rings. The van der Waals surface area contributed by atoms with Gasteiger partial charge in [0.15, 0.2) is 0 Å². The van der Waals surface area contributed by atoms with E-state index in [0.717, 1.165) is 22.4 Å². The van der Waals surface area contributed by atoms with Crippen molar-refractivity contribution in [2.75, 3.05) is 0 Å². The first-order valence-corrected chi connectivity index (χ1v) is 7.58. The molecular weight excluding hydrogens is 284 g/mol. The van der Waals surface area contributed by atoms with Crippen LogP contribution in [0.5, 0.6) is 0 Å². The molecule has 3 heteroatoms. The molecule has 3 rings (SSSR count). The van der Waals surface area contributed by atoms with Crippen LogP contribution >= 0.6 is 0 Å². The molecule has 1 aromatic heterocycles. The quantitative estimate of drug-likeness (QED) is 0.792. The van der Waals surface area contributed by atoms with E-state index >= 15 is 0 Å². The second kappa shape index (κ2) is 6.88. The number of aromatic nitrogens is 1. The van der Waals surface area contributed by atoms with Crippen LogP contribution in [0.3, 0.4) is 0 Å². The lowest BCUT2D eigenvalue weighted by Gasteiger charge is -2.09. The second-order valence-electron chi connectivity index (χ2n) is 5.42. The van der Waals surface area contributed by atoms with Gasteiger partial charge >= 0.3 is 0 Å². The van der Waals surface area contributed by atoms with Gasteiger partial charge in [0.05, 0.1) is 5.69 Å². The summed E-state index contributed by atoms with van der Waals surface area (Å²) in [5, 5.41) is 2.97. The second-order valence-corrected chi connectivity index (χ2v) is 5.42. The topological polar surface area (TPSA) is 42.0 Å². The number of hydrogen-bond acceptors (Lipinski definition) is 2. The average Bonchev–Trinajstić information content (AvgIpc) is 2.62. The van der Waals surface area contributed by atoms with Crippen molar-refractivity contribution < 1.29 is 4.79 Å². The fraction of sp³-hybridized carbons (Fsp3) is 0.100. The van der Waals surface area contributed by atoms with E-state index in [1.54, 1.807) is 6.20 Å². The molecule has 0 unspecified atom stereocenters. The number of aryl methyl sites for hydroxylation is 1. The monoisotopic (exact) mass is 302 g/mol. The van der Waals surface area contributed by atoms with Gasteiger partial charge < -0.3 is 5.32 Å². The molecule has 0 aliphatic rings. The Morgan fingerprint density at radius 2 is 1.65 bits per heavy atom. The summed E-state index contributed by atoms with van der Waals surface area (Å²) in [5.74, 6) is -0.0778. The maximum absolute atomic E-state index is 12.5. The van der Waals surface area contributed by atoms with Crippen LogP contribution < -0.4 is 5.32 Å². The molecule has 0 spiro atoms. The number of rotatable bonds is 4. The summed E-state index contributed by atoms with van der Waals surface area (Å²) in [6.45, 7) is 2.42. The largest absolute Gasteiger partial charge is 0.348 e. The maximum Gasteiger partial charge on any atom is 0.251 e. The summed E-state index contributed by atoms with van der Waals surface area (Å²) >= 11 is 0. The summed E-state index contributed by atoms with van der Waals surface area (Å²) in [6.07, 6.45) is 1.75. The Hall–Kier alpha value is -2.94. The lowest BCUT2D eigenvalue weighted by atomic mass is 10.1. The van der Waals surface area contributed by atoms with Gasteiger partial charge in [-0.25, -0.2) is 0 Å². The molecule has 0 saturated carbocycles. The Morgan fingerprint density at radius 3 is 2.35 bits per heavy atom. The number of hydrogen-bond donors (Lipinski definition) is 1. The van der Waals surface area contributed by atoms with Crippen LogP contribution in [0.15, 0.2) is 72.9 Å². The Kier molecular flexibility index (Phi) is 4.48. The fourth-order valence-corrected chi connectivity index (χ4v) is 2.41. The molecule has 0 atom stereocenters. The first-order valence-electron chi connectivity index (χ1n) is 7.58. The lowest BCUT2D eigenvalue weighted by Crippen LogP contribution is -2.23. The summed E-state index contributed by atoms with van der Waals surface area (Å²) < 4.78 is 0. The van der Waals surface area contributed by atoms with Gasteiger partial charge in [0, 0.05) is 23.9 Å². The van der Waals surface area contributed by atoms with E-state index in [9.17, 15) is 4.79 Å². The van der Waals surface area contributed by atoms with Gasteiger partial charge in [-0.1, -0.05) is 60.7 Å². The van der Waals surface area contributed by atoms with Crippen molar-refractivity contribution in [2.45, 2.75) is 13.5 Å². The van der Waals surface area contributed by atoms with Gasteiger partial charge in [0.25, 0.3) is 5.91 Å². The predicted molar refractivity (Wildman–Crippen MR) is 92.0 cm³/mol. The van der Waals surface area contributed by atoms with Gasteiger partial charge in [0.1, 0.15) is 0 Å². The number of benzene rings is 2. The number of nitrogens with one attached hydrogen (secondary N) is 1. The smallest absolute Gasteiger partial charge is 0.251 e. The normalized spacial score (nSPS) is 10.3. The summed E-state index contributed by atoms with van der Waals surface area (Å²) in [6, 6.07) is 21.6. The molecule has 0 saturated heterocycles. The van der Waals surface area contributed by atoms with Crippen LogP contribution in [0.4, 0.5) is 0 Å². The molecule has 3 nitrogen and oxygen atoms in total. The van der Waals surface area contributed by atoms with Crippen molar-refractivity contribution >= 4 is 5.91 Å². The first kappa shape index (κ1) is 15.0. The molecular formula is C20H18N2O. The molecule has 0 aliphatic heterocycles. The minimum absolute atomic E-state index is 0.0778. The Balaban J connectivity index is 1.80. The highest BCUT2D eigenvalue weighted by atomic mass is 16.1. The number of pyridine rings is 1. The third-order valence-corrected chi connectivity index (χ3v) is 3.71. The van der Waals surface area contributed by atoms with E-state index in [2.05, 4.69) is 10.3 Å². The molecule has 114 valence electrons. The van der Waals surface area contributed by atoms with Crippen LogP contribution in [0.1, 0.15) is 21.5 Å². The van der Waals surface area contributed by atoms with E-state index < -0.39 is 0 Å². The van der Waals surface area contributed by atoms with Gasteiger partial charge in [-0.3, -0.25) is 9.78 Å². The zero-order chi connectivity index (χ0) is 16.1. The summed E-state index contributed by atoms with van der Waals surface area (Å²) in [4.78, 5) is 16.9. The average molecular weight is 302 g/mol. The molecule has 0 aliphatic carbocycles. The SMILES string of the molecule is Cc1cnc(-c2ccccc2)cc1C(=O)NCc1ccccc1. The lowest BCUT2D eigenvalue weighted by molar-refractivity contribution is 0.0950. The van der Waals surface area contributed by atoms with E-state index in [1.165, 1.54) is 0 Å². The van der Waals surface area contributed by atoms with Gasteiger partial charge in [-0.15, -0.1) is 0 Å². The van der Waals surface area contributed by atoms with Crippen molar-refractivity contribution in [3.63, 3.8) is 0 Å². The van der Waals surface area contributed by atoms with Crippen molar-refractivity contribution in [1.29, 1.82) is 0 Å². The van der Waals surface area contributed by atoms with Gasteiger partial charge in [-0.2, -0.15) is 0 Å². The highest BCUT2D eigenvalue weighted by Crippen LogP contribution is 2.19. The molecule has 0 radical (unpaired) electrons. The number of carbonyl (C=O) groups excluding carboxylic acids is 1. The van der Waals surface area contributed by atoms with Crippen LogP contribution in [0, 0.1) is 6.92 Å². The van der Waals surface area contributed by atoms with Crippen molar-refractivity contribution in [3.8, 4) is 11.3 Å². The van der Waals surface area contributed by atoms with Crippen molar-refractivity contribution in [1.82, 2.24) is 10.3 Å². The number of nitrogens with zero attached hydrogens (tertiary/aromatic N) is 1. The van der Waals surface area contributed by atoms with Crippen molar-refractivity contribution in [2.24, 2.45) is 0 Å². The van der Waals surface area contributed by atoms with Crippen LogP contribution in [0.25, 0.3) is 11.3 Å². The zero-order valence-corrected chi connectivity index (χ0v) is 13.0. The standard InChI is InChI=1S/C20H18N2O/c1-15-13-21-19(17-10-6-3-7-11-17)12-18(15)20(23)22-14-16-8-4-2-5-9-16/h2-13H,14H2,1H3,(H,22,23). The Labute approximate surface area is 136 Å². The molecule has 1 amide bonds. The van der Waals surface area contributed by atoms with E-state index in [-0.39, 0.29) is 5.91 Å². The molecule has 0 bridgehead atoms. The Bertz CT molecular complexity index is 798. The maximum atomic E-state index is 12.5. The van der Waals surface area contributed by atoms with Crippen LogP contribution in [0.2, 0.25) is 0 Å². The van der Waals surface area contributed by atoms with E-state index in [0.29, 0.717) is 12.1 Å². The summed E-state index contributed by atoms with van der Waals surface area (Å²) in [7, 11) is 0. The van der Waals surface area contributed by atoms with Crippen molar-refractivity contribution in [3.05, 3.63) is 89.6 Å². The molecule has 1 N–H and O–H groups in total. The highest BCUT2D eigenvalue weighted by molar-refractivity contribution is 5.96.